The van der Waals surface area contributed by atoms with Crippen LogP contribution in [0.25, 0.3) is 0 Å². The maximum atomic E-state index is 12.3. The predicted molar refractivity (Wildman–Crippen MR) is 97.4 cm³/mol. The molecule has 0 aliphatic carbocycles. The van der Waals surface area contributed by atoms with Crippen LogP contribution in [0.3, 0.4) is 0 Å². The van der Waals surface area contributed by atoms with Gasteiger partial charge in [0.25, 0.3) is 11.8 Å². The summed E-state index contributed by atoms with van der Waals surface area (Å²) in [6.45, 7) is -0.419. The van der Waals surface area contributed by atoms with Crippen molar-refractivity contribution < 1.29 is 32.2 Å². The fourth-order valence-electron chi connectivity index (χ4n) is 1.83. The second-order valence-electron chi connectivity index (χ2n) is 4.72. The number of hydrogen-bond acceptors (Lipinski definition) is 9. The number of amides is 3. The first kappa shape index (κ1) is 23.7. The van der Waals surface area contributed by atoms with E-state index in [4.69, 9.17) is 16.2 Å². The number of carbonyl (C=O) groups excluding carboxylic acids is 3. The van der Waals surface area contributed by atoms with Crippen LogP contribution in [-0.2, 0) is 29.5 Å². The molecule has 1 fully saturated rings. The molecule has 0 spiro atoms. The molecule has 0 bridgehead atoms. The van der Waals surface area contributed by atoms with Gasteiger partial charge in [-0.1, -0.05) is 5.16 Å². The first-order chi connectivity index (χ1) is 12.2. The monoisotopic (exact) mass is 449 g/mol. The van der Waals surface area contributed by atoms with Crippen LogP contribution in [0.15, 0.2) is 10.5 Å². The Bertz CT molecular complexity index is 874. The molecule has 1 unspecified atom stereocenters. The van der Waals surface area contributed by atoms with E-state index in [1.54, 1.807) is 0 Å². The van der Waals surface area contributed by atoms with Crippen molar-refractivity contribution in [2.24, 2.45) is 5.16 Å². The van der Waals surface area contributed by atoms with Gasteiger partial charge >= 0.3 is 39.9 Å². The summed E-state index contributed by atoms with van der Waals surface area (Å²) in [7, 11) is -3.48. The van der Waals surface area contributed by atoms with Crippen LogP contribution < -0.4 is 10.6 Å². The van der Waals surface area contributed by atoms with Gasteiger partial charge in [0.05, 0.1) is 6.54 Å². The summed E-state index contributed by atoms with van der Waals surface area (Å²) in [5.74, 6) is -2.62. The Hall–Kier alpha value is -1.29. The maximum absolute atomic E-state index is 12.3. The van der Waals surface area contributed by atoms with Crippen molar-refractivity contribution in [1.82, 2.24) is 14.6 Å². The number of halogens is 1. The third kappa shape index (κ3) is 5.84. The molecule has 3 amide bonds. The summed E-state index contributed by atoms with van der Waals surface area (Å²) < 4.78 is 30.8. The van der Waals surface area contributed by atoms with Gasteiger partial charge < -0.3 is 15.5 Å². The van der Waals surface area contributed by atoms with Gasteiger partial charge in [0.15, 0.2) is 10.8 Å². The van der Waals surface area contributed by atoms with Gasteiger partial charge in [-0.2, -0.15) is 8.42 Å². The zero-order valence-corrected chi connectivity index (χ0v) is 15.4. The molecule has 2 rings (SSSR count). The van der Waals surface area contributed by atoms with Crippen LogP contribution >= 0.6 is 22.9 Å². The molecular weight excluding hydrogens is 437 g/mol. The van der Waals surface area contributed by atoms with Crippen LogP contribution in [0.4, 0.5) is 5.13 Å². The van der Waals surface area contributed by atoms with E-state index >= 15 is 0 Å². The number of hydrogen-bond donors (Lipinski definition) is 3. The van der Waals surface area contributed by atoms with Crippen LogP contribution in [-0.4, -0.2) is 101 Å². The SMILES string of the molecule is CON=C(C(=O)NC1CN(S(=O)(=O)O)C1=O)c1csc(NC(=O)CCl)n1.[NaH]. The number of β-lactam (4-membered cyclic amide) rings is 1. The summed E-state index contributed by atoms with van der Waals surface area (Å²) >= 11 is 6.37. The van der Waals surface area contributed by atoms with Gasteiger partial charge in [0.1, 0.15) is 24.7 Å². The Kier molecular flexibility index (Phi) is 8.59. The molecule has 27 heavy (non-hydrogen) atoms. The van der Waals surface area contributed by atoms with Crippen molar-refractivity contribution in [3.8, 4) is 0 Å². The van der Waals surface area contributed by atoms with E-state index < -0.39 is 40.6 Å². The standard InChI is InChI=1S/C11H12ClN5O7S2.Na.H/c1-24-16-8(6-4-25-11(14-6)15-7(18)2-12)9(19)13-5-3-17(10(5)20)26(21,22)23;;/h4-5H,2-3H2,1H3,(H,13,19)(H,14,15,18)(H,21,22,23);;. The van der Waals surface area contributed by atoms with E-state index in [9.17, 15) is 22.8 Å². The number of anilines is 1. The summed E-state index contributed by atoms with van der Waals surface area (Å²) in [4.78, 5) is 43.7. The molecule has 1 aliphatic rings. The Labute approximate surface area is 184 Å². The second kappa shape index (κ2) is 9.77. The van der Waals surface area contributed by atoms with Crippen LogP contribution in [0, 0.1) is 0 Å². The number of alkyl halides is 1. The van der Waals surface area contributed by atoms with E-state index in [1.807, 2.05) is 0 Å². The zero-order valence-electron chi connectivity index (χ0n) is 13.0. The van der Waals surface area contributed by atoms with Crippen LogP contribution in [0.1, 0.15) is 5.69 Å². The quantitative estimate of drug-likeness (QED) is 0.109. The average Bonchev–Trinajstić information content (AvgIpc) is 3.02. The zero-order chi connectivity index (χ0) is 19.5. The first-order valence-corrected chi connectivity index (χ1v) is 9.51. The van der Waals surface area contributed by atoms with E-state index in [2.05, 4.69) is 25.6 Å². The molecule has 0 aromatic carbocycles. The molecule has 12 nitrogen and oxygen atoms in total. The van der Waals surface area contributed by atoms with Crippen molar-refractivity contribution >= 4 is 91.4 Å². The van der Waals surface area contributed by atoms with Crippen LogP contribution in [0.5, 0.6) is 0 Å². The van der Waals surface area contributed by atoms with E-state index in [0.29, 0.717) is 0 Å². The fourth-order valence-corrected chi connectivity index (χ4v) is 3.30. The van der Waals surface area contributed by atoms with E-state index in [1.165, 1.54) is 12.5 Å². The summed E-state index contributed by atoms with van der Waals surface area (Å²) in [6, 6.07) is -1.15. The Morgan fingerprint density at radius 2 is 2.22 bits per heavy atom. The Morgan fingerprint density at radius 3 is 2.74 bits per heavy atom. The molecule has 0 radical (unpaired) electrons. The minimum absolute atomic E-state index is 0. The van der Waals surface area contributed by atoms with Gasteiger partial charge in [-0.3, -0.25) is 18.9 Å². The molecule has 2 heterocycles. The first-order valence-electron chi connectivity index (χ1n) is 6.70. The predicted octanol–water partition coefficient (Wildman–Crippen LogP) is -1.85. The molecule has 3 N–H and O–H groups in total. The van der Waals surface area contributed by atoms with Crippen molar-refractivity contribution in [2.75, 3.05) is 24.9 Å². The number of nitrogens with one attached hydrogen (secondary N) is 2. The molecule has 1 aliphatic heterocycles. The number of aromatic nitrogens is 1. The fraction of sp³-hybridized carbons (Fsp3) is 0.364. The minimum atomic E-state index is -4.66. The summed E-state index contributed by atoms with van der Waals surface area (Å²) in [6.07, 6.45) is 0. The number of thiazole rings is 1. The molecule has 144 valence electrons. The van der Waals surface area contributed by atoms with Gasteiger partial charge in [0.2, 0.25) is 5.91 Å². The van der Waals surface area contributed by atoms with Crippen molar-refractivity contribution in [3.05, 3.63) is 11.1 Å². The van der Waals surface area contributed by atoms with Gasteiger partial charge in [0, 0.05) is 5.38 Å². The van der Waals surface area contributed by atoms with Crippen LogP contribution in [0.2, 0.25) is 0 Å². The number of rotatable bonds is 7. The van der Waals surface area contributed by atoms with Crippen molar-refractivity contribution in [1.29, 1.82) is 0 Å². The third-order valence-electron chi connectivity index (χ3n) is 2.99. The third-order valence-corrected chi connectivity index (χ3v) is 4.87. The Balaban J connectivity index is 0.00000364. The van der Waals surface area contributed by atoms with Gasteiger partial charge in [-0.05, 0) is 0 Å². The van der Waals surface area contributed by atoms with E-state index in [0.717, 1.165) is 11.3 Å². The summed E-state index contributed by atoms with van der Waals surface area (Å²) in [5, 5.41) is 9.75. The molecule has 16 heteroatoms. The number of oxime groups is 1. The van der Waals surface area contributed by atoms with E-state index in [-0.39, 0.29) is 56.3 Å². The normalized spacial score (nSPS) is 16.9. The molecule has 1 aromatic heterocycles. The molecule has 1 atom stereocenters. The number of carbonyl (C=O) groups is 3. The topological polar surface area (TPSA) is 167 Å². The molecule has 1 saturated heterocycles. The summed E-state index contributed by atoms with van der Waals surface area (Å²) in [5.41, 5.74) is -0.245. The second-order valence-corrected chi connectivity index (χ2v) is 7.18. The van der Waals surface area contributed by atoms with Gasteiger partial charge in [-0.15, -0.1) is 22.9 Å². The Morgan fingerprint density at radius 1 is 1.56 bits per heavy atom. The molecular formula is C11H13ClN5NaO7S2. The van der Waals surface area contributed by atoms with Gasteiger partial charge in [-0.25, -0.2) is 9.29 Å². The number of nitrogens with zero attached hydrogens (tertiary/aromatic N) is 3. The molecule has 0 saturated carbocycles. The van der Waals surface area contributed by atoms with Crippen molar-refractivity contribution in [2.45, 2.75) is 6.04 Å². The van der Waals surface area contributed by atoms with Crippen molar-refractivity contribution in [3.63, 3.8) is 0 Å². The average molecular weight is 450 g/mol. The molecule has 1 aromatic rings.